The minimum atomic E-state index is -2.02. The highest BCUT2D eigenvalue weighted by atomic mass is 28.4. The summed E-state index contributed by atoms with van der Waals surface area (Å²) in [6.07, 6.45) is -0.286. The van der Waals surface area contributed by atoms with Gasteiger partial charge in [-0.25, -0.2) is 0 Å². The quantitative estimate of drug-likeness (QED) is 0.259. The zero-order valence-electron chi connectivity index (χ0n) is 14.3. The number of hydrogen-bond donors (Lipinski definition) is 0. The summed E-state index contributed by atoms with van der Waals surface area (Å²) >= 11 is 0. The first-order valence-corrected chi connectivity index (χ1v) is 10.2. The largest absolute Gasteiger partial charge is 0.457 e. The number of carbonyl (C=O) groups excluding carboxylic acids is 1. The highest BCUT2D eigenvalue weighted by Crippen LogP contribution is 2.42. The van der Waals surface area contributed by atoms with Crippen LogP contribution in [0.2, 0.25) is 18.1 Å². The monoisotopic (exact) mass is 313 g/mol. The highest BCUT2D eigenvalue weighted by molar-refractivity contribution is 6.74. The van der Waals surface area contributed by atoms with E-state index in [1.807, 2.05) is 20.8 Å². The molecule has 0 spiro atoms. The molecule has 1 aliphatic heterocycles. The number of hydrogen-bond acceptors (Lipinski definition) is 4. The van der Waals surface area contributed by atoms with Gasteiger partial charge in [-0.15, -0.1) is 0 Å². The molecule has 0 aromatic heterocycles. The fraction of sp³-hybridized carbons (Fsp3) is 0.929. The van der Waals surface area contributed by atoms with Crippen molar-refractivity contribution < 1.29 is 14.0 Å². The molecule has 1 fully saturated rings. The van der Waals surface area contributed by atoms with Crippen molar-refractivity contribution in [2.75, 3.05) is 0 Å². The Kier molecular flexibility index (Phi) is 4.83. The van der Waals surface area contributed by atoms with Gasteiger partial charge in [-0.05, 0) is 37.5 Å². The number of nitrogens with zero attached hydrogens (tertiary/aromatic N) is 3. The number of rotatable bonds is 3. The first-order chi connectivity index (χ1) is 9.33. The maximum Gasteiger partial charge on any atom is 0.315 e. The van der Waals surface area contributed by atoms with Gasteiger partial charge in [0, 0.05) is 10.8 Å². The Morgan fingerprint density at radius 3 is 2.33 bits per heavy atom. The van der Waals surface area contributed by atoms with Crippen molar-refractivity contribution in [3.05, 3.63) is 10.4 Å². The lowest BCUT2D eigenvalue weighted by molar-refractivity contribution is -0.188. The molecule has 0 aromatic rings. The molecule has 7 heteroatoms. The fourth-order valence-corrected chi connectivity index (χ4v) is 3.83. The molecule has 0 aliphatic carbocycles. The summed E-state index contributed by atoms with van der Waals surface area (Å²) in [5, 5.41) is 3.65. The Morgan fingerprint density at radius 2 is 1.90 bits per heavy atom. The first-order valence-electron chi connectivity index (χ1n) is 7.28. The first kappa shape index (κ1) is 18.0. The van der Waals surface area contributed by atoms with Gasteiger partial charge in [0.05, 0.1) is 6.10 Å². The predicted molar refractivity (Wildman–Crippen MR) is 84.3 cm³/mol. The summed E-state index contributed by atoms with van der Waals surface area (Å²) in [7, 11) is -2.02. The number of carbonyl (C=O) groups is 1. The van der Waals surface area contributed by atoms with Gasteiger partial charge >= 0.3 is 5.97 Å². The van der Waals surface area contributed by atoms with Crippen molar-refractivity contribution in [1.29, 1.82) is 0 Å². The Morgan fingerprint density at radius 1 is 1.38 bits per heavy atom. The number of azide groups is 1. The van der Waals surface area contributed by atoms with Gasteiger partial charge in [-0.1, -0.05) is 32.8 Å². The summed E-state index contributed by atoms with van der Waals surface area (Å²) in [5.41, 5.74) is 7.92. The van der Waals surface area contributed by atoms with E-state index in [-0.39, 0.29) is 17.1 Å². The second kappa shape index (κ2) is 5.63. The molecular weight excluding hydrogens is 286 g/mol. The third-order valence-corrected chi connectivity index (χ3v) is 9.13. The van der Waals surface area contributed by atoms with Gasteiger partial charge in [0.15, 0.2) is 8.32 Å². The third-order valence-electron chi connectivity index (χ3n) is 4.67. The van der Waals surface area contributed by atoms with Crippen molar-refractivity contribution >= 4 is 14.3 Å². The van der Waals surface area contributed by atoms with Crippen molar-refractivity contribution in [3.63, 3.8) is 0 Å². The number of ether oxygens (including phenoxy) is 1. The molecule has 0 bridgehead atoms. The maximum atomic E-state index is 12.0. The summed E-state index contributed by atoms with van der Waals surface area (Å²) in [6.45, 7) is 16.4. The topological polar surface area (TPSA) is 84.3 Å². The zero-order chi connectivity index (χ0) is 16.6. The van der Waals surface area contributed by atoms with E-state index >= 15 is 0 Å². The van der Waals surface area contributed by atoms with Crippen LogP contribution in [0.4, 0.5) is 0 Å². The summed E-state index contributed by atoms with van der Waals surface area (Å²) in [5.74, 6) is -0.688. The molecule has 1 saturated heterocycles. The average Bonchev–Trinajstić information content (AvgIpc) is 2.28. The minimum absolute atomic E-state index is 0.0538. The average molecular weight is 313 g/mol. The Bertz CT molecular complexity index is 465. The van der Waals surface area contributed by atoms with Crippen LogP contribution in [0.3, 0.4) is 0 Å². The second-order valence-corrected chi connectivity index (χ2v) is 12.6. The lowest BCUT2D eigenvalue weighted by Gasteiger charge is -2.49. The SMILES string of the molecule is C[C@H]1[C@H](N=[N+]=[N-])C(=O)OC(C)(C)[C@H]1O[Si](C)(C)C(C)(C)C. The molecule has 0 amide bonds. The molecule has 0 aromatic carbocycles. The van der Waals surface area contributed by atoms with Crippen LogP contribution in [0.5, 0.6) is 0 Å². The lowest BCUT2D eigenvalue weighted by atomic mass is 9.83. The molecule has 0 N–H and O–H groups in total. The second-order valence-electron chi connectivity index (χ2n) is 7.83. The van der Waals surface area contributed by atoms with E-state index in [1.54, 1.807) is 0 Å². The number of esters is 1. The van der Waals surface area contributed by atoms with E-state index in [1.165, 1.54) is 0 Å². The van der Waals surface area contributed by atoms with Crippen molar-refractivity contribution in [2.45, 2.75) is 77.4 Å². The summed E-state index contributed by atoms with van der Waals surface area (Å²) in [6, 6.07) is -0.821. The Labute approximate surface area is 128 Å². The van der Waals surface area contributed by atoms with Crippen LogP contribution in [0, 0.1) is 5.92 Å². The molecule has 3 atom stereocenters. The van der Waals surface area contributed by atoms with Crippen LogP contribution in [0.15, 0.2) is 5.11 Å². The summed E-state index contributed by atoms with van der Waals surface area (Å²) < 4.78 is 11.9. The van der Waals surface area contributed by atoms with Crippen LogP contribution < -0.4 is 0 Å². The number of cyclic esters (lactones) is 1. The van der Waals surface area contributed by atoms with Crippen LogP contribution in [-0.4, -0.2) is 32.0 Å². The zero-order valence-corrected chi connectivity index (χ0v) is 15.3. The van der Waals surface area contributed by atoms with Gasteiger partial charge in [0.1, 0.15) is 11.6 Å². The molecule has 1 rings (SSSR count). The normalized spacial score (nSPS) is 29.5. The van der Waals surface area contributed by atoms with Gasteiger partial charge in [-0.3, -0.25) is 4.79 Å². The van der Waals surface area contributed by atoms with E-state index in [0.717, 1.165) is 0 Å². The predicted octanol–water partition coefficient (Wildman–Crippen LogP) is 4.03. The highest BCUT2D eigenvalue weighted by Gasteiger charge is 2.52. The van der Waals surface area contributed by atoms with E-state index in [2.05, 4.69) is 43.9 Å². The van der Waals surface area contributed by atoms with E-state index in [9.17, 15) is 4.79 Å². The van der Waals surface area contributed by atoms with Crippen molar-refractivity contribution in [3.8, 4) is 0 Å². The molecule has 1 heterocycles. The van der Waals surface area contributed by atoms with Gasteiger partial charge in [0.25, 0.3) is 0 Å². The van der Waals surface area contributed by atoms with Gasteiger partial charge in [-0.2, -0.15) is 0 Å². The van der Waals surface area contributed by atoms with E-state index in [0.29, 0.717) is 0 Å². The van der Waals surface area contributed by atoms with Crippen LogP contribution in [0.1, 0.15) is 41.5 Å². The van der Waals surface area contributed by atoms with Crippen molar-refractivity contribution in [2.24, 2.45) is 11.0 Å². The smallest absolute Gasteiger partial charge is 0.315 e. The Balaban J connectivity index is 3.13. The lowest BCUT2D eigenvalue weighted by Crippen LogP contribution is -2.60. The van der Waals surface area contributed by atoms with Gasteiger partial charge < -0.3 is 9.16 Å². The minimum Gasteiger partial charge on any atom is -0.457 e. The van der Waals surface area contributed by atoms with E-state index < -0.39 is 25.9 Å². The molecule has 21 heavy (non-hydrogen) atoms. The standard InChI is InChI=1S/C14H27N3O3Si/c1-9-10(16-17-15)12(18)19-14(5,6)11(9)20-21(7,8)13(2,3)4/h9-11H,1-8H3/t9-,10-,11-/m0/s1. The van der Waals surface area contributed by atoms with Crippen LogP contribution in [0.25, 0.3) is 10.4 Å². The molecule has 0 unspecified atom stereocenters. The van der Waals surface area contributed by atoms with Crippen LogP contribution in [-0.2, 0) is 14.0 Å². The van der Waals surface area contributed by atoms with Gasteiger partial charge in [0.2, 0.25) is 0 Å². The maximum absolute atomic E-state index is 12.0. The molecule has 6 nitrogen and oxygen atoms in total. The summed E-state index contributed by atoms with van der Waals surface area (Å²) in [4.78, 5) is 14.8. The van der Waals surface area contributed by atoms with Crippen molar-refractivity contribution in [1.82, 2.24) is 0 Å². The molecule has 1 aliphatic rings. The molecule has 0 radical (unpaired) electrons. The Hall–Kier alpha value is -1.04. The molecular formula is C14H27N3O3Si. The molecule has 0 saturated carbocycles. The fourth-order valence-electron chi connectivity index (χ4n) is 2.34. The molecule has 120 valence electrons. The third kappa shape index (κ3) is 3.59. The van der Waals surface area contributed by atoms with Crippen LogP contribution >= 0.6 is 0 Å². The van der Waals surface area contributed by atoms with E-state index in [4.69, 9.17) is 14.7 Å².